The van der Waals surface area contributed by atoms with Crippen molar-refractivity contribution in [3.63, 3.8) is 0 Å². The van der Waals surface area contributed by atoms with Crippen LogP contribution < -0.4 is 5.73 Å². The van der Waals surface area contributed by atoms with Gasteiger partial charge in [-0.3, -0.25) is 0 Å². The summed E-state index contributed by atoms with van der Waals surface area (Å²) in [6, 6.07) is 3.41. The second kappa shape index (κ2) is 3.67. The Kier molecular flexibility index (Phi) is 2.59. The molecule has 0 atom stereocenters. The number of nitrogens with zero attached hydrogens (tertiary/aromatic N) is 3. The van der Waals surface area contributed by atoms with Gasteiger partial charge in [0.15, 0.2) is 0 Å². The molecule has 0 fully saturated rings. The van der Waals surface area contributed by atoms with Crippen molar-refractivity contribution >= 4 is 5.82 Å². The molecule has 12 heavy (non-hydrogen) atoms. The van der Waals surface area contributed by atoms with Crippen LogP contribution in [0, 0.1) is 11.3 Å². The molecule has 0 radical (unpaired) electrons. The van der Waals surface area contributed by atoms with Gasteiger partial charge in [-0.25, -0.2) is 9.97 Å². The van der Waals surface area contributed by atoms with Gasteiger partial charge in [-0.2, -0.15) is 5.26 Å². The molecular weight excluding hydrogens is 152 g/mol. The number of aromatic nitrogens is 2. The summed E-state index contributed by atoms with van der Waals surface area (Å²) in [5.41, 5.74) is 5.80. The lowest BCUT2D eigenvalue weighted by Gasteiger charge is -1.98. The number of hydrogen-bond acceptors (Lipinski definition) is 4. The molecule has 4 heteroatoms. The Morgan fingerprint density at radius 1 is 1.58 bits per heavy atom. The van der Waals surface area contributed by atoms with Crippen molar-refractivity contribution in [3.8, 4) is 6.07 Å². The molecule has 1 heterocycles. The SMILES string of the molecule is CCCc1nc(N)cc(C#N)n1. The first-order chi connectivity index (χ1) is 5.76. The van der Waals surface area contributed by atoms with Crippen LogP contribution in [0.25, 0.3) is 0 Å². The minimum Gasteiger partial charge on any atom is -0.384 e. The van der Waals surface area contributed by atoms with E-state index in [4.69, 9.17) is 11.0 Å². The number of anilines is 1. The van der Waals surface area contributed by atoms with Crippen LogP contribution in [0.1, 0.15) is 24.9 Å². The molecule has 2 N–H and O–H groups in total. The average Bonchev–Trinajstić information content (AvgIpc) is 2.04. The van der Waals surface area contributed by atoms with Crippen molar-refractivity contribution in [1.29, 1.82) is 5.26 Å². The third-order valence-electron chi connectivity index (χ3n) is 1.38. The highest BCUT2D eigenvalue weighted by Gasteiger charge is 1.99. The first-order valence-corrected chi connectivity index (χ1v) is 3.79. The predicted octanol–water partition coefficient (Wildman–Crippen LogP) is 0.883. The highest BCUT2D eigenvalue weighted by Crippen LogP contribution is 2.03. The summed E-state index contributed by atoms with van der Waals surface area (Å²) >= 11 is 0. The van der Waals surface area contributed by atoms with Gasteiger partial charge in [-0.15, -0.1) is 0 Å². The van der Waals surface area contributed by atoms with Gasteiger partial charge in [-0.05, 0) is 6.42 Å². The van der Waals surface area contributed by atoms with E-state index in [9.17, 15) is 0 Å². The largest absolute Gasteiger partial charge is 0.384 e. The average molecular weight is 162 g/mol. The fraction of sp³-hybridized carbons (Fsp3) is 0.375. The van der Waals surface area contributed by atoms with E-state index in [-0.39, 0.29) is 0 Å². The second-order valence-electron chi connectivity index (χ2n) is 2.46. The Bertz CT molecular complexity index is 313. The Balaban J connectivity index is 3.00. The Morgan fingerprint density at radius 3 is 2.92 bits per heavy atom. The highest BCUT2D eigenvalue weighted by molar-refractivity contribution is 5.35. The summed E-state index contributed by atoms with van der Waals surface area (Å²) in [5.74, 6) is 1.01. The molecule has 4 nitrogen and oxygen atoms in total. The third-order valence-corrected chi connectivity index (χ3v) is 1.38. The fourth-order valence-electron chi connectivity index (χ4n) is 0.910. The summed E-state index contributed by atoms with van der Waals surface area (Å²) in [5, 5.41) is 8.56. The minimum atomic E-state index is 0.339. The molecule has 1 rings (SSSR count). The molecule has 0 aliphatic carbocycles. The Hall–Kier alpha value is -1.63. The maximum absolute atomic E-state index is 8.56. The van der Waals surface area contributed by atoms with Crippen LogP contribution in [-0.4, -0.2) is 9.97 Å². The van der Waals surface area contributed by atoms with Crippen molar-refractivity contribution in [2.24, 2.45) is 0 Å². The summed E-state index contributed by atoms with van der Waals surface area (Å²) in [6.07, 6.45) is 1.72. The summed E-state index contributed by atoms with van der Waals surface area (Å²) in [4.78, 5) is 7.98. The number of nitriles is 1. The van der Waals surface area contributed by atoms with E-state index in [2.05, 4.69) is 9.97 Å². The molecule has 0 amide bonds. The van der Waals surface area contributed by atoms with Gasteiger partial charge in [0.1, 0.15) is 23.4 Å². The van der Waals surface area contributed by atoms with Crippen LogP contribution >= 0.6 is 0 Å². The van der Waals surface area contributed by atoms with Crippen molar-refractivity contribution in [2.75, 3.05) is 5.73 Å². The van der Waals surface area contributed by atoms with Crippen molar-refractivity contribution in [1.82, 2.24) is 9.97 Å². The smallest absolute Gasteiger partial charge is 0.146 e. The van der Waals surface area contributed by atoms with E-state index in [0.717, 1.165) is 12.8 Å². The molecule has 0 aromatic carbocycles. The monoisotopic (exact) mass is 162 g/mol. The summed E-state index contributed by atoms with van der Waals surface area (Å²) < 4.78 is 0. The molecule has 0 saturated heterocycles. The van der Waals surface area contributed by atoms with Gasteiger partial charge < -0.3 is 5.73 Å². The van der Waals surface area contributed by atoms with Crippen molar-refractivity contribution in [2.45, 2.75) is 19.8 Å². The van der Waals surface area contributed by atoms with Crippen LogP contribution in [0.3, 0.4) is 0 Å². The number of nitrogen functional groups attached to an aromatic ring is 1. The Morgan fingerprint density at radius 2 is 2.33 bits per heavy atom. The lowest BCUT2D eigenvalue weighted by Crippen LogP contribution is -2.01. The van der Waals surface area contributed by atoms with Crippen molar-refractivity contribution < 1.29 is 0 Å². The van der Waals surface area contributed by atoms with E-state index < -0.39 is 0 Å². The topological polar surface area (TPSA) is 75.6 Å². The lowest BCUT2D eigenvalue weighted by molar-refractivity contribution is 0.833. The zero-order chi connectivity index (χ0) is 8.97. The van der Waals surface area contributed by atoms with Crippen LogP contribution in [0.15, 0.2) is 6.07 Å². The third kappa shape index (κ3) is 1.92. The van der Waals surface area contributed by atoms with Crippen LogP contribution in [0.2, 0.25) is 0 Å². The molecule has 0 unspecified atom stereocenters. The minimum absolute atomic E-state index is 0.339. The zero-order valence-electron chi connectivity index (χ0n) is 6.91. The van der Waals surface area contributed by atoms with Gasteiger partial charge >= 0.3 is 0 Å². The Labute approximate surface area is 71.1 Å². The van der Waals surface area contributed by atoms with E-state index >= 15 is 0 Å². The van der Waals surface area contributed by atoms with E-state index in [0.29, 0.717) is 17.3 Å². The van der Waals surface area contributed by atoms with Gasteiger partial charge in [0.2, 0.25) is 0 Å². The maximum atomic E-state index is 8.56. The van der Waals surface area contributed by atoms with Gasteiger partial charge in [0.05, 0.1) is 0 Å². The first-order valence-electron chi connectivity index (χ1n) is 3.79. The fourth-order valence-corrected chi connectivity index (χ4v) is 0.910. The highest BCUT2D eigenvalue weighted by atomic mass is 14.9. The molecule has 1 aromatic heterocycles. The van der Waals surface area contributed by atoms with Crippen molar-refractivity contribution in [3.05, 3.63) is 17.6 Å². The molecular formula is C8H10N4. The van der Waals surface area contributed by atoms with E-state index in [1.54, 1.807) is 0 Å². The molecule has 0 spiro atoms. The quantitative estimate of drug-likeness (QED) is 0.700. The molecule has 0 saturated carbocycles. The predicted molar refractivity (Wildman–Crippen MR) is 45.2 cm³/mol. The lowest BCUT2D eigenvalue weighted by atomic mass is 10.3. The summed E-state index contributed by atoms with van der Waals surface area (Å²) in [7, 11) is 0. The van der Waals surface area contributed by atoms with Gasteiger partial charge in [0.25, 0.3) is 0 Å². The number of rotatable bonds is 2. The zero-order valence-corrected chi connectivity index (χ0v) is 6.91. The number of aryl methyl sites for hydroxylation is 1. The molecule has 0 aliphatic heterocycles. The number of nitrogens with two attached hydrogens (primary N) is 1. The first kappa shape index (κ1) is 8.47. The maximum Gasteiger partial charge on any atom is 0.146 e. The van der Waals surface area contributed by atoms with E-state index in [1.807, 2.05) is 13.0 Å². The normalized spacial score (nSPS) is 9.33. The standard InChI is InChI=1S/C8H10N4/c1-2-3-8-11-6(5-9)4-7(10)12-8/h4H,2-3H2,1H3,(H2,10,11,12). The van der Waals surface area contributed by atoms with Crippen LogP contribution in [0.4, 0.5) is 5.82 Å². The van der Waals surface area contributed by atoms with Crippen LogP contribution in [0.5, 0.6) is 0 Å². The molecule has 62 valence electrons. The molecule has 1 aromatic rings. The molecule has 0 aliphatic rings. The van der Waals surface area contributed by atoms with E-state index in [1.165, 1.54) is 6.07 Å². The second-order valence-corrected chi connectivity index (χ2v) is 2.46. The number of hydrogen-bond donors (Lipinski definition) is 1. The summed E-state index contributed by atoms with van der Waals surface area (Å²) in [6.45, 7) is 2.03. The van der Waals surface area contributed by atoms with Gasteiger partial charge in [-0.1, -0.05) is 6.92 Å². The molecule has 0 bridgehead atoms. The van der Waals surface area contributed by atoms with Crippen LogP contribution in [-0.2, 0) is 6.42 Å². The van der Waals surface area contributed by atoms with Gasteiger partial charge in [0, 0.05) is 12.5 Å².